The Balaban J connectivity index is 1.53. The lowest BCUT2D eigenvalue weighted by Gasteiger charge is -2.13. The van der Waals surface area contributed by atoms with E-state index in [2.05, 4.69) is 12.1 Å². The van der Waals surface area contributed by atoms with E-state index in [0.717, 1.165) is 11.5 Å². The molecule has 1 saturated carbocycles. The van der Waals surface area contributed by atoms with Crippen molar-refractivity contribution in [1.29, 1.82) is 0 Å². The third kappa shape index (κ3) is 3.53. The van der Waals surface area contributed by atoms with Crippen LogP contribution < -0.4 is 9.47 Å². The second-order valence-corrected chi connectivity index (χ2v) is 5.27. The molecular weight excluding hydrogens is 248 g/mol. The van der Waals surface area contributed by atoms with E-state index in [4.69, 9.17) is 9.47 Å². The number of hydrogen-bond acceptors (Lipinski definition) is 2. The Morgan fingerprint density at radius 3 is 2.15 bits per heavy atom. The third-order valence-corrected chi connectivity index (χ3v) is 3.68. The minimum absolute atomic E-state index is 0.408. The summed E-state index contributed by atoms with van der Waals surface area (Å²) in [6.07, 6.45) is 5.37. The van der Waals surface area contributed by atoms with E-state index < -0.39 is 0 Å². The highest BCUT2D eigenvalue weighted by molar-refractivity contribution is 5.31. The molecule has 0 atom stereocenters. The molecule has 0 spiro atoms. The van der Waals surface area contributed by atoms with Crippen LogP contribution in [0.2, 0.25) is 0 Å². The fourth-order valence-corrected chi connectivity index (χ4v) is 2.55. The van der Waals surface area contributed by atoms with Crippen LogP contribution in [0.15, 0.2) is 54.6 Å². The van der Waals surface area contributed by atoms with Gasteiger partial charge in [0.15, 0.2) is 0 Å². The summed E-state index contributed by atoms with van der Waals surface area (Å²) in [5.74, 6) is 1.83. The minimum atomic E-state index is 0.408. The van der Waals surface area contributed by atoms with Crippen LogP contribution in [0, 0.1) is 0 Å². The second kappa shape index (κ2) is 6.47. The lowest BCUT2D eigenvalue weighted by Crippen LogP contribution is -2.10. The number of ether oxygens (including phenoxy) is 2. The summed E-state index contributed by atoms with van der Waals surface area (Å²) < 4.78 is 11.7. The zero-order valence-corrected chi connectivity index (χ0v) is 11.6. The van der Waals surface area contributed by atoms with Crippen LogP contribution in [0.3, 0.4) is 0 Å². The van der Waals surface area contributed by atoms with Gasteiger partial charge in [-0.2, -0.15) is 0 Å². The van der Waals surface area contributed by atoms with Gasteiger partial charge in [0.2, 0.25) is 0 Å². The van der Waals surface area contributed by atoms with Crippen LogP contribution in [-0.2, 0) is 6.61 Å². The summed E-state index contributed by atoms with van der Waals surface area (Å²) in [7, 11) is 0. The molecule has 1 fully saturated rings. The Kier molecular flexibility index (Phi) is 4.22. The van der Waals surface area contributed by atoms with Crippen molar-refractivity contribution >= 4 is 0 Å². The molecule has 20 heavy (non-hydrogen) atoms. The van der Waals surface area contributed by atoms with E-state index >= 15 is 0 Å². The van der Waals surface area contributed by atoms with Crippen molar-refractivity contribution in [1.82, 2.24) is 0 Å². The van der Waals surface area contributed by atoms with Gasteiger partial charge in [0, 0.05) is 0 Å². The molecule has 0 aliphatic heterocycles. The molecule has 3 rings (SSSR count). The van der Waals surface area contributed by atoms with Crippen LogP contribution >= 0.6 is 0 Å². The zero-order chi connectivity index (χ0) is 13.6. The Bertz CT molecular complexity index is 513. The van der Waals surface area contributed by atoms with E-state index in [9.17, 15) is 0 Å². The molecule has 1 aliphatic rings. The predicted molar refractivity (Wildman–Crippen MR) is 80.1 cm³/mol. The molecule has 104 valence electrons. The fourth-order valence-electron chi connectivity index (χ4n) is 2.55. The molecule has 0 unspecified atom stereocenters. The van der Waals surface area contributed by atoms with E-state index in [0.29, 0.717) is 12.7 Å². The minimum Gasteiger partial charge on any atom is -0.490 e. The Labute approximate surface area is 120 Å². The summed E-state index contributed by atoms with van der Waals surface area (Å²) in [6, 6.07) is 18.2. The number of rotatable bonds is 5. The molecule has 0 saturated heterocycles. The summed E-state index contributed by atoms with van der Waals surface area (Å²) in [5.41, 5.74) is 1.18. The molecular formula is C18H20O2. The maximum atomic E-state index is 5.94. The first-order valence-corrected chi connectivity index (χ1v) is 7.33. The van der Waals surface area contributed by atoms with Crippen LogP contribution in [0.5, 0.6) is 11.5 Å². The number of hydrogen-bond donors (Lipinski definition) is 0. The van der Waals surface area contributed by atoms with Crippen molar-refractivity contribution in [2.45, 2.75) is 38.4 Å². The molecule has 2 nitrogen and oxygen atoms in total. The second-order valence-electron chi connectivity index (χ2n) is 5.27. The van der Waals surface area contributed by atoms with Crippen molar-refractivity contribution in [3.8, 4) is 11.5 Å². The first kappa shape index (κ1) is 13.0. The van der Waals surface area contributed by atoms with Gasteiger partial charge in [-0.25, -0.2) is 0 Å². The normalized spacial score (nSPS) is 15.2. The SMILES string of the molecule is c1ccc(COc2ccc(OC3CCCC3)cc2)cc1. The summed E-state index contributed by atoms with van der Waals surface area (Å²) >= 11 is 0. The molecule has 0 radical (unpaired) electrons. The summed E-state index contributed by atoms with van der Waals surface area (Å²) in [6.45, 7) is 0.601. The molecule has 2 aromatic carbocycles. The predicted octanol–water partition coefficient (Wildman–Crippen LogP) is 4.59. The molecule has 2 aromatic rings. The standard InChI is InChI=1S/C18H20O2/c1-2-6-15(7-3-1)14-19-16-10-12-18(13-11-16)20-17-8-4-5-9-17/h1-3,6-7,10-13,17H,4-5,8-9,14H2. The van der Waals surface area contributed by atoms with Gasteiger partial charge < -0.3 is 9.47 Å². The highest BCUT2D eigenvalue weighted by Gasteiger charge is 2.16. The van der Waals surface area contributed by atoms with Crippen molar-refractivity contribution in [3.63, 3.8) is 0 Å². The van der Waals surface area contributed by atoms with E-state index in [-0.39, 0.29) is 0 Å². The topological polar surface area (TPSA) is 18.5 Å². The Morgan fingerprint density at radius 1 is 0.800 bits per heavy atom. The third-order valence-electron chi connectivity index (χ3n) is 3.68. The summed E-state index contributed by atoms with van der Waals surface area (Å²) in [4.78, 5) is 0. The van der Waals surface area contributed by atoms with Gasteiger partial charge in [-0.3, -0.25) is 0 Å². The highest BCUT2D eigenvalue weighted by Crippen LogP contribution is 2.25. The monoisotopic (exact) mass is 268 g/mol. The Morgan fingerprint density at radius 2 is 1.45 bits per heavy atom. The van der Waals surface area contributed by atoms with Gasteiger partial charge in [0.25, 0.3) is 0 Å². The van der Waals surface area contributed by atoms with E-state index in [1.807, 2.05) is 42.5 Å². The lowest BCUT2D eigenvalue weighted by atomic mass is 10.2. The van der Waals surface area contributed by atoms with Crippen molar-refractivity contribution < 1.29 is 9.47 Å². The van der Waals surface area contributed by atoms with Gasteiger partial charge in [-0.05, 0) is 55.5 Å². The van der Waals surface area contributed by atoms with Gasteiger partial charge in [0.1, 0.15) is 18.1 Å². The average Bonchev–Trinajstić information content (AvgIpc) is 3.01. The van der Waals surface area contributed by atoms with Crippen LogP contribution in [0.25, 0.3) is 0 Å². The largest absolute Gasteiger partial charge is 0.490 e. The fraction of sp³-hybridized carbons (Fsp3) is 0.333. The Hall–Kier alpha value is -1.96. The van der Waals surface area contributed by atoms with Crippen LogP contribution in [0.1, 0.15) is 31.2 Å². The van der Waals surface area contributed by atoms with Crippen molar-refractivity contribution in [2.75, 3.05) is 0 Å². The van der Waals surface area contributed by atoms with Gasteiger partial charge in [-0.1, -0.05) is 30.3 Å². The van der Waals surface area contributed by atoms with E-state index in [1.165, 1.54) is 31.2 Å². The number of benzene rings is 2. The summed E-state index contributed by atoms with van der Waals surface area (Å²) in [5, 5.41) is 0. The first-order valence-electron chi connectivity index (χ1n) is 7.33. The van der Waals surface area contributed by atoms with Gasteiger partial charge in [0.05, 0.1) is 6.10 Å². The molecule has 2 heteroatoms. The molecule has 0 N–H and O–H groups in total. The van der Waals surface area contributed by atoms with E-state index in [1.54, 1.807) is 0 Å². The highest BCUT2D eigenvalue weighted by atomic mass is 16.5. The quantitative estimate of drug-likeness (QED) is 0.789. The smallest absolute Gasteiger partial charge is 0.120 e. The maximum absolute atomic E-state index is 5.94. The zero-order valence-electron chi connectivity index (χ0n) is 11.6. The first-order chi connectivity index (χ1) is 9.90. The van der Waals surface area contributed by atoms with Gasteiger partial charge >= 0.3 is 0 Å². The molecule has 0 bridgehead atoms. The molecule has 0 heterocycles. The average molecular weight is 268 g/mol. The van der Waals surface area contributed by atoms with Crippen LogP contribution in [-0.4, -0.2) is 6.10 Å². The van der Waals surface area contributed by atoms with Crippen molar-refractivity contribution in [2.24, 2.45) is 0 Å². The maximum Gasteiger partial charge on any atom is 0.120 e. The van der Waals surface area contributed by atoms with Gasteiger partial charge in [-0.15, -0.1) is 0 Å². The molecule has 0 aromatic heterocycles. The van der Waals surface area contributed by atoms with Crippen LogP contribution in [0.4, 0.5) is 0 Å². The molecule has 1 aliphatic carbocycles. The molecule has 0 amide bonds. The van der Waals surface area contributed by atoms with Crippen molar-refractivity contribution in [3.05, 3.63) is 60.2 Å². The lowest BCUT2D eigenvalue weighted by molar-refractivity contribution is 0.209.